The zero-order valence-electron chi connectivity index (χ0n) is 14.2. The third kappa shape index (κ3) is 3.06. The Balaban J connectivity index is 2.68. The number of alkyl halides is 5. The lowest BCUT2D eigenvalue weighted by Crippen LogP contribution is -2.34. The molecule has 1 heterocycles. The van der Waals surface area contributed by atoms with E-state index in [1.165, 1.54) is 27.2 Å². The first kappa shape index (κ1) is 20.2. The molecule has 1 aromatic heterocycles. The summed E-state index contributed by atoms with van der Waals surface area (Å²) in [5.74, 6) is -5.79. The third-order valence-corrected chi connectivity index (χ3v) is 4.94. The van der Waals surface area contributed by atoms with Crippen LogP contribution in [0.3, 0.4) is 0 Å². The van der Waals surface area contributed by atoms with Crippen molar-refractivity contribution in [3.05, 3.63) is 50.4 Å². The van der Waals surface area contributed by atoms with Gasteiger partial charge < -0.3 is 0 Å². The Hall–Kier alpha value is -2.10. The summed E-state index contributed by atoms with van der Waals surface area (Å²) < 4.78 is 66.9. The number of aromatic amines is 1. The van der Waals surface area contributed by atoms with Crippen LogP contribution >= 0.6 is 11.8 Å². The molecule has 26 heavy (non-hydrogen) atoms. The monoisotopic (exact) mass is 394 g/mol. The zero-order chi connectivity index (χ0) is 20.0. The number of carbonyl (C=O) groups is 1. The maximum absolute atomic E-state index is 13.8. The summed E-state index contributed by atoms with van der Waals surface area (Å²) in [7, 11) is 1.40. The highest BCUT2D eigenvalue weighted by atomic mass is 32.2. The molecule has 0 unspecified atom stereocenters. The van der Waals surface area contributed by atoms with Crippen molar-refractivity contribution < 1.29 is 26.7 Å². The van der Waals surface area contributed by atoms with Crippen LogP contribution in [0.15, 0.2) is 21.8 Å². The zero-order valence-corrected chi connectivity index (χ0v) is 15.0. The van der Waals surface area contributed by atoms with Gasteiger partial charge in [0.15, 0.2) is 0 Å². The second-order valence-corrected chi connectivity index (χ2v) is 6.51. The summed E-state index contributed by atoms with van der Waals surface area (Å²) in [5, 5.41) is 2.64. The van der Waals surface area contributed by atoms with Gasteiger partial charge >= 0.3 is 12.1 Å². The van der Waals surface area contributed by atoms with Gasteiger partial charge in [0.05, 0.1) is 0 Å². The van der Waals surface area contributed by atoms with Crippen LogP contribution in [0, 0.1) is 13.8 Å². The van der Waals surface area contributed by atoms with Crippen molar-refractivity contribution in [1.29, 1.82) is 0 Å². The normalized spacial score (nSPS) is 12.5. The molecule has 0 saturated heterocycles. The summed E-state index contributed by atoms with van der Waals surface area (Å²) in [6.45, 7) is 2.77. The van der Waals surface area contributed by atoms with Gasteiger partial charge in [0.2, 0.25) is 5.78 Å². The highest BCUT2D eigenvalue weighted by molar-refractivity contribution is 7.98. The average Bonchev–Trinajstić information content (AvgIpc) is 2.77. The van der Waals surface area contributed by atoms with E-state index in [1.807, 2.05) is 0 Å². The number of carbonyl (C=O) groups excluding carboxylic acids is 1. The number of H-pyrrole nitrogens is 1. The number of hydrogen-bond donors (Lipinski definition) is 1. The summed E-state index contributed by atoms with van der Waals surface area (Å²) >= 11 is 0.682. The smallest absolute Gasteiger partial charge is 0.299 e. The fraction of sp³-hybridized carbons (Fsp3) is 0.375. The number of halogens is 5. The second kappa shape index (κ2) is 6.57. The minimum atomic E-state index is -5.76. The van der Waals surface area contributed by atoms with Crippen LogP contribution in [-0.4, -0.2) is 28.0 Å². The summed E-state index contributed by atoms with van der Waals surface area (Å²) in [5.41, 5.74) is -1.87. The molecule has 142 valence electrons. The van der Waals surface area contributed by atoms with E-state index in [9.17, 15) is 31.5 Å². The number of aromatic nitrogens is 2. The van der Waals surface area contributed by atoms with Gasteiger partial charge in [-0.2, -0.15) is 22.0 Å². The molecule has 0 amide bonds. The SMILES string of the molecule is CSc1c(C(F)(F)C(F)(F)F)ccc(C(=O)c2c(C)[nH]n(C)c2=O)c1C. The molecule has 0 spiro atoms. The highest BCUT2D eigenvalue weighted by Crippen LogP contribution is 2.47. The number of aryl methyl sites for hydroxylation is 2. The standard InChI is InChI=1S/C16H15F5N2O2S/c1-7-9(12(24)11-8(2)22-23(3)14(11)25)5-6-10(13(7)26-4)15(17,18)16(19,20)21/h5-6,22H,1-4H3. The molecule has 1 aromatic carbocycles. The van der Waals surface area contributed by atoms with Crippen molar-refractivity contribution >= 4 is 17.5 Å². The predicted octanol–water partition coefficient (Wildman–Crippen LogP) is 3.94. The Bertz CT molecular complexity index is 928. The lowest BCUT2D eigenvalue weighted by Gasteiger charge is -2.23. The van der Waals surface area contributed by atoms with Crippen molar-refractivity contribution in [2.45, 2.75) is 30.8 Å². The van der Waals surface area contributed by atoms with E-state index in [0.29, 0.717) is 17.8 Å². The number of nitrogens with zero attached hydrogens (tertiary/aromatic N) is 1. The molecule has 1 N–H and O–H groups in total. The summed E-state index contributed by atoms with van der Waals surface area (Å²) in [6, 6.07) is 1.49. The van der Waals surface area contributed by atoms with Crippen LogP contribution in [0.25, 0.3) is 0 Å². The van der Waals surface area contributed by atoms with Crippen molar-refractivity contribution in [3.8, 4) is 0 Å². The molecule has 0 saturated carbocycles. The summed E-state index contributed by atoms with van der Waals surface area (Å²) in [6.07, 6.45) is -4.42. The van der Waals surface area contributed by atoms with Crippen molar-refractivity contribution in [2.75, 3.05) is 6.26 Å². The number of benzene rings is 1. The van der Waals surface area contributed by atoms with Gasteiger partial charge in [0.1, 0.15) is 5.56 Å². The first-order valence-corrected chi connectivity index (χ1v) is 8.50. The first-order valence-electron chi connectivity index (χ1n) is 7.27. The van der Waals surface area contributed by atoms with E-state index in [0.717, 1.165) is 10.7 Å². The van der Waals surface area contributed by atoms with Crippen LogP contribution < -0.4 is 5.56 Å². The molecule has 2 rings (SSSR count). The Kier molecular flexibility index (Phi) is 5.10. The molecule has 0 aliphatic rings. The number of nitrogens with one attached hydrogen (secondary N) is 1. The first-order chi connectivity index (χ1) is 11.8. The van der Waals surface area contributed by atoms with E-state index < -0.39 is 29.0 Å². The fourth-order valence-electron chi connectivity index (χ4n) is 2.69. The lowest BCUT2D eigenvalue weighted by molar-refractivity contribution is -0.290. The van der Waals surface area contributed by atoms with E-state index in [-0.39, 0.29) is 27.3 Å². The third-order valence-electron chi connectivity index (χ3n) is 4.00. The minimum Gasteiger partial charge on any atom is -0.299 e. The predicted molar refractivity (Wildman–Crippen MR) is 87.1 cm³/mol. The largest absolute Gasteiger partial charge is 0.458 e. The molecule has 0 aliphatic carbocycles. The van der Waals surface area contributed by atoms with E-state index >= 15 is 0 Å². The van der Waals surface area contributed by atoms with Crippen molar-refractivity contribution in [3.63, 3.8) is 0 Å². The van der Waals surface area contributed by atoms with Gasteiger partial charge in [0.25, 0.3) is 5.56 Å². The second-order valence-electron chi connectivity index (χ2n) is 5.70. The van der Waals surface area contributed by atoms with Gasteiger partial charge in [0, 0.05) is 28.8 Å². The van der Waals surface area contributed by atoms with Crippen LogP contribution in [-0.2, 0) is 13.0 Å². The molecular formula is C16H15F5N2O2S. The molecule has 0 bridgehead atoms. The maximum atomic E-state index is 13.8. The van der Waals surface area contributed by atoms with Gasteiger partial charge in [-0.1, -0.05) is 12.1 Å². The Labute approximate surface area is 149 Å². The topological polar surface area (TPSA) is 54.9 Å². The lowest BCUT2D eigenvalue weighted by atomic mass is 9.95. The molecule has 2 aromatic rings. The molecule has 4 nitrogen and oxygen atoms in total. The number of rotatable bonds is 4. The van der Waals surface area contributed by atoms with E-state index in [2.05, 4.69) is 5.10 Å². The highest BCUT2D eigenvalue weighted by Gasteiger charge is 2.59. The van der Waals surface area contributed by atoms with Crippen molar-refractivity contribution in [2.24, 2.45) is 7.05 Å². The fourth-order valence-corrected chi connectivity index (χ4v) is 3.52. The molecule has 0 fully saturated rings. The maximum Gasteiger partial charge on any atom is 0.458 e. The van der Waals surface area contributed by atoms with E-state index in [4.69, 9.17) is 0 Å². The van der Waals surface area contributed by atoms with Crippen LogP contribution in [0.2, 0.25) is 0 Å². The van der Waals surface area contributed by atoms with Gasteiger partial charge in [-0.15, -0.1) is 11.8 Å². The quantitative estimate of drug-likeness (QED) is 0.486. The molecule has 0 aliphatic heterocycles. The Morgan fingerprint density at radius 3 is 2.15 bits per heavy atom. The van der Waals surface area contributed by atoms with Gasteiger partial charge in [-0.3, -0.25) is 19.4 Å². The molecular weight excluding hydrogens is 379 g/mol. The van der Waals surface area contributed by atoms with Crippen molar-refractivity contribution in [1.82, 2.24) is 9.78 Å². The molecule has 10 heteroatoms. The Morgan fingerprint density at radius 1 is 1.15 bits per heavy atom. The van der Waals surface area contributed by atoms with Crippen LogP contribution in [0.4, 0.5) is 22.0 Å². The van der Waals surface area contributed by atoms with Crippen LogP contribution in [0.1, 0.15) is 32.7 Å². The molecule has 0 atom stereocenters. The summed E-state index contributed by atoms with van der Waals surface area (Å²) in [4.78, 5) is 24.4. The van der Waals surface area contributed by atoms with E-state index in [1.54, 1.807) is 0 Å². The minimum absolute atomic E-state index is 0.0356. The molecule has 0 radical (unpaired) electrons. The van der Waals surface area contributed by atoms with Gasteiger partial charge in [-0.05, 0) is 25.7 Å². The number of ketones is 1. The average molecular weight is 394 g/mol. The number of thioether (sulfide) groups is 1. The Morgan fingerprint density at radius 2 is 1.73 bits per heavy atom. The van der Waals surface area contributed by atoms with Gasteiger partial charge in [-0.25, -0.2) is 0 Å². The number of hydrogen-bond acceptors (Lipinski definition) is 3. The van der Waals surface area contributed by atoms with Crippen LogP contribution in [0.5, 0.6) is 0 Å².